The van der Waals surface area contributed by atoms with E-state index in [1.807, 2.05) is 0 Å². The summed E-state index contributed by atoms with van der Waals surface area (Å²) in [4.78, 5) is 4.01. The van der Waals surface area contributed by atoms with E-state index in [0.29, 0.717) is 16.1 Å². The number of hydrogen-bond acceptors (Lipinski definition) is 2. The van der Waals surface area contributed by atoms with Crippen LogP contribution in [0.1, 0.15) is 31.0 Å². The second-order valence-electron chi connectivity index (χ2n) is 3.81. The molecule has 0 amide bonds. The van der Waals surface area contributed by atoms with Crippen LogP contribution in [0.5, 0.6) is 0 Å². The molecule has 0 aliphatic heterocycles. The third kappa shape index (κ3) is 2.30. The SMILES string of the molecule is N[C@H](CC1CC1)c1ncc(Br)cc1F. The zero-order valence-corrected chi connectivity index (χ0v) is 9.30. The summed E-state index contributed by atoms with van der Waals surface area (Å²) >= 11 is 3.17. The number of nitrogens with two attached hydrogens (primary N) is 1. The molecular weight excluding hydrogens is 247 g/mol. The average Bonchev–Trinajstić information content (AvgIpc) is 2.87. The number of aromatic nitrogens is 1. The fourth-order valence-corrected chi connectivity index (χ4v) is 1.83. The highest BCUT2D eigenvalue weighted by molar-refractivity contribution is 9.10. The van der Waals surface area contributed by atoms with Crippen LogP contribution < -0.4 is 5.73 Å². The van der Waals surface area contributed by atoms with E-state index in [-0.39, 0.29) is 11.9 Å². The summed E-state index contributed by atoms with van der Waals surface area (Å²) in [7, 11) is 0. The highest BCUT2D eigenvalue weighted by atomic mass is 79.9. The fraction of sp³-hybridized carbons (Fsp3) is 0.500. The quantitative estimate of drug-likeness (QED) is 0.906. The lowest BCUT2D eigenvalue weighted by Crippen LogP contribution is -2.14. The van der Waals surface area contributed by atoms with Crippen LogP contribution in [0, 0.1) is 11.7 Å². The van der Waals surface area contributed by atoms with Gasteiger partial charge in [0, 0.05) is 10.7 Å². The van der Waals surface area contributed by atoms with Gasteiger partial charge in [0.25, 0.3) is 0 Å². The Morgan fingerprint density at radius 1 is 1.64 bits per heavy atom. The van der Waals surface area contributed by atoms with Crippen molar-refractivity contribution in [2.45, 2.75) is 25.3 Å². The lowest BCUT2D eigenvalue weighted by atomic mass is 10.1. The molecule has 76 valence electrons. The van der Waals surface area contributed by atoms with Gasteiger partial charge in [0.05, 0.1) is 11.7 Å². The number of hydrogen-bond donors (Lipinski definition) is 1. The van der Waals surface area contributed by atoms with Crippen molar-refractivity contribution in [3.8, 4) is 0 Å². The van der Waals surface area contributed by atoms with Crippen LogP contribution in [0.15, 0.2) is 16.7 Å². The lowest BCUT2D eigenvalue weighted by Gasteiger charge is -2.10. The average molecular weight is 259 g/mol. The van der Waals surface area contributed by atoms with Gasteiger partial charge in [0.15, 0.2) is 0 Å². The number of nitrogens with zero attached hydrogens (tertiary/aromatic N) is 1. The van der Waals surface area contributed by atoms with Gasteiger partial charge in [0.1, 0.15) is 5.82 Å². The Bertz CT molecular complexity index is 339. The summed E-state index contributed by atoms with van der Waals surface area (Å²) in [5, 5.41) is 0. The van der Waals surface area contributed by atoms with Crippen molar-refractivity contribution in [3.05, 3.63) is 28.2 Å². The largest absolute Gasteiger partial charge is 0.323 e. The molecule has 0 aromatic carbocycles. The van der Waals surface area contributed by atoms with Crippen molar-refractivity contribution < 1.29 is 4.39 Å². The summed E-state index contributed by atoms with van der Waals surface area (Å²) in [6.07, 6.45) is 4.90. The maximum absolute atomic E-state index is 13.4. The second kappa shape index (κ2) is 3.95. The normalized spacial score (nSPS) is 18.2. The second-order valence-corrected chi connectivity index (χ2v) is 4.72. The summed E-state index contributed by atoms with van der Waals surface area (Å²) in [5.74, 6) is 0.377. The first-order valence-electron chi connectivity index (χ1n) is 4.73. The molecule has 1 fully saturated rings. The van der Waals surface area contributed by atoms with E-state index in [4.69, 9.17) is 5.73 Å². The van der Waals surface area contributed by atoms with Crippen molar-refractivity contribution in [2.75, 3.05) is 0 Å². The molecule has 0 bridgehead atoms. The van der Waals surface area contributed by atoms with E-state index in [1.54, 1.807) is 6.20 Å². The molecule has 1 atom stereocenters. The van der Waals surface area contributed by atoms with E-state index in [2.05, 4.69) is 20.9 Å². The monoisotopic (exact) mass is 258 g/mol. The van der Waals surface area contributed by atoms with Gasteiger partial charge in [-0.05, 0) is 34.3 Å². The summed E-state index contributed by atoms with van der Waals surface area (Å²) in [6, 6.07) is 1.16. The van der Waals surface area contributed by atoms with Crippen LogP contribution in [-0.2, 0) is 0 Å². The lowest BCUT2D eigenvalue weighted by molar-refractivity contribution is 0.526. The van der Waals surface area contributed by atoms with Crippen LogP contribution in [0.2, 0.25) is 0 Å². The van der Waals surface area contributed by atoms with Crippen molar-refractivity contribution in [2.24, 2.45) is 11.7 Å². The first-order valence-corrected chi connectivity index (χ1v) is 5.52. The molecule has 2 N–H and O–H groups in total. The van der Waals surface area contributed by atoms with Gasteiger partial charge in [-0.15, -0.1) is 0 Å². The topological polar surface area (TPSA) is 38.9 Å². The highest BCUT2D eigenvalue weighted by Crippen LogP contribution is 2.36. The predicted octanol–water partition coefficient (Wildman–Crippen LogP) is 2.78. The van der Waals surface area contributed by atoms with Gasteiger partial charge < -0.3 is 5.73 Å². The standard InChI is InChI=1S/C10H12BrFN2/c11-7-4-8(12)10(14-5-7)9(13)3-6-1-2-6/h4-6,9H,1-3,13H2/t9-/m1/s1. The molecule has 2 nitrogen and oxygen atoms in total. The summed E-state index contributed by atoms with van der Waals surface area (Å²) < 4.78 is 14.0. The minimum absolute atomic E-state index is 0.254. The van der Waals surface area contributed by atoms with Crippen LogP contribution in [-0.4, -0.2) is 4.98 Å². The maximum Gasteiger partial charge on any atom is 0.147 e. The Morgan fingerprint density at radius 3 is 2.93 bits per heavy atom. The molecule has 0 radical (unpaired) electrons. The van der Waals surface area contributed by atoms with E-state index < -0.39 is 0 Å². The first-order chi connectivity index (χ1) is 6.66. The van der Waals surface area contributed by atoms with Gasteiger partial charge in [0.2, 0.25) is 0 Å². The van der Waals surface area contributed by atoms with Crippen LogP contribution in [0.4, 0.5) is 4.39 Å². The minimum Gasteiger partial charge on any atom is -0.323 e. The predicted molar refractivity (Wildman–Crippen MR) is 56.2 cm³/mol. The van der Waals surface area contributed by atoms with Crippen LogP contribution >= 0.6 is 15.9 Å². The van der Waals surface area contributed by atoms with Gasteiger partial charge in [-0.2, -0.15) is 0 Å². The molecule has 4 heteroatoms. The first kappa shape index (κ1) is 10.1. The summed E-state index contributed by atoms with van der Waals surface area (Å²) in [5.41, 5.74) is 6.26. The van der Waals surface area contributed by atoms with Crippen molar-refractivity contribution in [3.63, 3.8) is 0 Å². The third-order valence-corrected chi connectivity index (χ3v) is 2.91. The van der Waals surface area contributed by atoms with Crippen molar-refractivity contribution in [1.29, 1.82) is 0 Å². The smallest absolute Gasteiger partial charge is 0.147 e. The Morgan fingerprint density at radius 2 is 2.36 bits per heavy atom. The molecular formula is C10H12BrFN2. The molecule has 1 heterocycles. The van der Waals surface area contributed by atoms with Gasteiger partial charge in [-0.1, -0.05) is 12.8 Å². The van der Waals surface area contributed by atoms with E-state index in [0.717, 1.165) is 6.42 Å². The zero-order valence-electron chi connectivity index (χ0n) is 7.71. The summed E-state index contributed by atoms with van der Waals surface area (Å²) in [6.45, 7) is 0. The molecule has 14 heavy (non-hydrogen) atoms. The molecule has 1 aromatic rings. The van der Waals surface area contributed by atoms with Crippen molar-refractivity contribution >= 4 is 15.9 Å². The maximum atomic E-state index is 13.4. The van der Waals surface area contributed by atoms with Gasteiger partial charge in [-0.3, -0.25) is 4.98 Å². The van der Waals surface area contributed by atoms with Crippen LogP contribution in [0.3, 0.4) is 0 Å². The van der Waals surface area contributed by atoms with Gasteiger partial charge >= 0.3 is 0 Å². The Kier molecular flexibility index (Phi) is 2.83. The minimum atomic E-state index is -0.312. The number of rotatable bonds is 3. The molecule has 1 aliphatic rings. The van der Waals surface area contributed by atoms with E-state index in [1.165, 1.54) is 18.9 Å². The van der Waals surface area contributed by atoms with E-state index >= 15 is 0 Å². The molecule has 0 saturated heterocycles. The zero-order chi connectivity index (χ0) is 10.1. The van der Waals surface area contributed by atoms with E-state index in [9.17, 15) is 4.39 Å². The molecule has 0 spiro atoms. The fourth-order valence-electron chi connectivity index (χ4n) is 1.52. The third-order valence-electron chi connectivity index (χ3n) is 2.47. The highest BCUT2D eigenvalue weighted by Gasteiger charge is 2.26. The molecule has 1 aliphatic carbocycles. The Balaban J connectivity index is 2.13. The molecule has 1 aromatic heterocycles. The van der Waals surface area contributed by atoms with Crippen molar-refractivity contribution in [1.82, 2.24) is 4.98 Å². The Labute approximate surface area is 90.8 Å². The van der Waals surface area contributed by atoms with Gasteiger partial charge in [-0.25, -0.2) is 4.39 Å². The number of halogens is 2. The molecule has 2 rings (SSSR count). The number of pyridine rings is 1. The molecule has 0 unspecified atom stereocenters. The van der Waals surface area contributed by atoms with Crippen LogP contribution in [0.25, 0.3) is 0 Å². The molecule has 1 saturated carbocycles. The Hall–Kier alpha value is -0.480.